The summed E-state index contributed by atoms with van der Waals surface area (Å²) in [5, 5.41) is 2.51. The van der Waals surface area contributed by atoms with E-state index in [1.165, 1.54) is 39.4 Å². The predicted molar refractivity (Wildman–Crippen MR) is 176 cm³/mol. The lowest BCUT2D eigenvalue weighted by Crippen LogP contribution is -2.67. The maximum Gasteiger partial charge on any atom is 0.136 e. The normalized spacial score (nSPS) is 24.8. The molecule has 3 aliphatic rings. The fourth-order valence-electron chi connectivity index (χ4n) is 7.89. The molecule has 3 fully saturated rings. The van der Waals surface area contributed by atoms with Crippen LogP contribution in [0.1, 0.15) is 82.7 Å². The summed E-state index contributed by atoms with van der Waals surface area (Å²) in [6.07, 6.45) is 10.3. The van der Waals surface area contributed by atoms with Crippen molar-refractivity contribution >= 4 is 10.8 Å². The van der Waals surface area contributed by atoms with Crippen LogP contribution in [0.15, 0.2) is 67.3 Å². The summed E-state index contributed by atoms with van der Waals surface area (Å²) in [7, 11) is 1.82. The van der Waals surface area contributed by atoms with E-state index >= 15 is 0 Å². The van der Waals surface area contributed by atoms with Crippen LogP contribution in [0.4, 0.5) is 0 Å². The Kier molecular flexibility index (Phi) is 8.36. The largest absolute Gasteiger partial charge is 0.496 e. The van der Waals surface area contributed by atoms with E-state index in [1.807, 2.05) is 7.11 Å². The van der Waals surface area contributed by atoms with Crippen LogP contribution in [0.2, 0.25) is 0 Å². The molecule has 0 saturated carbocycles. The number of terminal acetylenes is 1. The molecule has 5 atom stereocenters. The van der Waals surface area contributed by atoms with Gasteiger partial charge < -0.3 is 14.0 Å². The maximum atomic E-state index is 6.70. The molecule has 3 aromatic carbocycles. The van der Waals surface area contributed by atoms with E-state index in [9.17, 15) is 0 Å². The van der Waals surface area contributed by atoms with Crippen LogP contribution in [0.3, 0.4) is 0 Å². The number of quaternary nitrogens is 1. The van der Waals surface area contributed by atoms with Crippen molar-refractivity contribution in [1.29, 1.82) is 0 Å². The third-order valence-electron chi connectivity index (χ3n) is 9.97. The number of hydrogen-bond donors (Lipinski definition) is 0. The summed E-state index contributed by atoms with van der Waals surface area (Å²) in [5.74, 6) is 4.96. The van der Waals surface area contributed by atoms with Gasteiger partial charge in [-0.2, -0.15) is 0 Å². The zero-order valence-electron chi connectivity index (χ0n) is 26.9. The summed E-state index contributed by atoms with van der Waals surface area (Å²) >= 11 is 0. The number of ether oxygens (including phenoxy) is 2. The second-order valence-corrected chi connectivity index (χ2v) is 14.8. The molecule has 3 heteroatoms. The fraction of sp³-hybridized carbons (Fsp3) is 0.487. The molecule has 3 aliphatic heterocycles. The van der Waals surface area contributed by atoms with Crippen LogP contribution < -0.4 is 4.74 Å². The predicted octanol–water partition coefficient (Wildman–Crippen LogP) is 8.75. The molecule has 0 aliphatic carbocycles. The molecule has 0 N–H and O–H groups in total. The van der Waals surface area contributed by atoms with Gasteiger partial charge in [-0.15, -0.1) is 13.0 Å². The molecule has 222 valence electrons. The second-order valence-electron chi connectivity index (χ2n) is 14.8. The molecule has 0 aromatic heterocycles. The number of methoxy groups -OCH3 is 1. The minimum atomic E-state index is -0.0804. The lowest BCUT2D eigenvalue weighted by atomic mass is 9.70. The summed E-state index contributed by atoms with van der Waals surface area (Å²) in [4.78, 5) is 0. The maximum absolute atomic E-state index is 6.70. The smallest absolute Gasteiger partial charge is 0.136 e. The lowest BCUT2D eigenvalue weighted by molar-refractivity contribution is -0.985. The van der Waals surface area contributed by atoms with E-state index in [4.69, 9.17) is 15.9 Å². The molecule has 0 spiro atoms. The second kappa shape index (κ2) is 11.6. The van der Waals surface area contributed by atoms with Crippen LogP contribution in [0, 0.1) is 24.2 Å². The summed E-state index contributed by atoms with van der Waals surface area (Å²) in [5.41, 5.74) is 5.12. The first-order valence-corrected chi connectivity index (χ1v) is 15.6. The highest BCUT2D eigenvalue weighted by molar-refractivity contribution is 5.86. The number of hydrogen-bond acceptors (Lipinski definition) is 2. The van der Waals surface area contributed by atoms with Crippen molar-refractivity contribution < 1.29 is 14.0 Å². The first-order valence-electron chi connectivity index (χ1n) is 15.6. The Bertz CT molecular complexity index is 1440. The van der Waals surface area contributed by atoms with E-state index in [0.29, 0.717) is 24.5 Å². The molecular weight excluding hydrogens is 514 g/mol. The van der Waals surface area contributed by atoms with Crippen LogP contribution >= 0.6 is 0 Å². The number of fused-ring (bicyclic) bond motifs is 4. The molecule has 3 nitrogen and oxygen atoms in total. The Morgan fingerprint density at radius 3 is 2.31 bits per heavy atom. The number of piperidine rings is 3. The van der Waals surface area contributed by atoms with Crippen molar-refractivity contribution in [3.63, 3.8) is 0 Å². The lowest BCUT2D eigenvalue weighted by Gasteiger charge is -2.58. The Hall–Kier alpha value is -3.06. The Morgan fingerprint density at radius 2 is 1.69 bits per heavy atom. The molecule has 3 heterocycles. The monoisotopic (exact) mass is 564 g/mol. The molecule has 2 bridgehead atoms. The highest BCUT2D eigenvalue weighted by Crippen LogP contribution is 2.50. The Morgan fingerprint density at radius 1 is 1.02 bits per heavy atom. The van der Waals surface area contributed by atoms with Crippen LogP contribution in [-0.2, 0) is 22.1 Å². The van der Waals surface area contributed by atoms with Gasteiger partial charge in [0.1, 0.15) is 31.0 Å². The van der Waals surface area contributed by atoms with E-state index in [1.54, 1.807) is 0 Å². The quantitative estimate of drug-likeness (QED) is 0.155. The molecule has 3 aromatic rings. The third kappa shape index (κ3) is 5.64. The Labute approximate surface area is 254 Å². The van der Waals surface area contributed by atoms with E-state index < -0.39 is 0 Å². The van der Waals surface area contributed by atoms with Gasteiger partial charge in [-0.3, -0.25) is 0 Å². The molecule has 3 saturated heterocycles. The highest BCUT2D eigenvalue weighted by Gasteiger charge is 2.54. The topological polar surface area (TPSA) is 18.5 Å². The molecule has 4 unspecified atom stereocenters. The van der Waals surface area contributed by atoms with Crippen molar-refractivity contribution in [1.82, 2.24) is 0 Å². The molecule has 42 heavy (non-hydrogen) atoms. The first kappa shape index (κ1) is 30.4. The standard InChI is InChI=1S/C39H50NO2/c1-10-21-42-36(32-18-14-16-29-15-12-13-17-31(29)32)35-24-30-19-20-40(35,26-28(30)11-2)25-27-22-33(38(3,4)5)37(41-9)34(23-27)39(6,7)8/h1,11-18,22-23,28,30,35-36H,2,19-21,24-26H2,3-9H3/q+1/t28?,30?,35?,36-,40?/m0/s1. The van der Waals surface area contributed by atoms with Crippen LogP contribution in [0.5, 0.6) is 5.75 Å². The van der Waals surface area contributed by atoms with E-state index in [-0.39, 0.29) is 16.9 Å². The van der Waals surface area contributed by atoms with Crippen molar-refractivity contribution in [2.75, 3.05) is 26.8 Å². The number of benzene rings is 3. The molecule has 0 radical (unpaired) electrons. The average Bonchev–Trinajstić information content (AvgIpc) is 2.96. The van der Waals surface area contributed by atoms with E-state index in [2.05, 4.69) is 115 Å². The van der Waals surface area contributed by atoms with Crippen LogP contribution in [0.25, 0.3) is 10.8 Å². The molecular formula is C39H50NO2+. The summed E-state index contributed by atoms with van der Waals surface area (Å²) in [6.45, 7) is 21.5. The van der Waals surface area contributed by atoms with Gasteiger partial charge in [0.25, 0.3) is 0 Å². The molecule has 6 rings (SSSR count). The van der Waals surface area contributed by atoms with Crippen LogP contribution in [-0.4, -0.2) is 37.3 Å². The van der Waals surface area contributed by atoms with Gasteiger partial charge in [0.2, 0.25) is 0 Å². The van der Waals surface area contributed by atoms with Gasteiger partial charge in [0, 0.05) is 35.4 Å². The first-order chi connectivity index (χ1) is 19.9. The molecule has 0 amide bonds. The minimum absolute atomic E-state index is 0.0410. The summed E-state index contributed by atoms with van der Waals surface area (Å²) < 4.78 is 13.8. The van der Waals surface area contributed by atoms with E-state index in [0.717, 1.165) is 36.3 Å². The zero-order chi connectivity index (χ0) is 30.3. The van der Waals surface area contributed by atoms with Gasteiger partial charge in [0.05, 0.1) is 20.2 Å². The van der Waals surface area contributed by atoms with Crippen molar-refractivity contribution in [2.24, 2.45) is 11.8 Å². The fourth-order valence-corrected chi connectivity index (χ4v) is 7.89. The van der Waals surface area contributed by atoms with Crippen molar-refractivity contribution in [2.45, 2.75) is 83.9 Å². The minimum Gasteiger partial charge on any atom is -0.496 e. The highest BCUT2D eigenvalue weighted by atomic mass is 16.5. The number of rotatable bonds is 8. The third-order valence-corrected chi connectivity index (χ3v) is 9.97. The Balaban J connectivity index is 1.67. The van der Waals surface area contributed by atoms with Gasteiger partial charge in [-0.25, -0.2) is 0 Å². The number of nitrogens with zero attached hydrogens (tertiary/aromatic N) is 1. The van der Waals surface area contributed by atoms with Crippen molar-refractivity contribution in [3.05, 3.63) is 89.5 Å². The van der Waals surface area contributed by atoms with Gasteiger partial charge in [-0.05, 0) is 45.2 Å². The summed E-state index contributed by atoms with van der Waals surface area (Å²) in [6, 6.07) is 20.5. The average molecular weight is 565 g/mol. The van der Waals surface area contributed by atoms with Gasteiger partial charge >= 0.3 is 0 Å². The zero-order valence-corrected chi connectivity index (χ0v) is 26.9. The SMILES string of the molecule is C#CCO[C@@H](c1cccc2ccccc12)C1CC2CC[N+]1(Cc1cc(C(C)(C)C)c(OC)c(C(C)(C)C)c1)CC2C=C. The van der Waals surface area contributed by atoms with Crippen molar-refractivity contribution in [3.8, 4) is 18.1 Å². The van der Waals surface area contributed by atoms with Gasteiger partial charge in [0.15, 0.2) is 0 Å². The van der Waals surface area contributed by atoms with Gasteiger partial charge in [-0.1, -0.05) is 96.0 Å².